The molecule has 3 aromatic rings. The van der Waals surface area contributed by atoms with E-state index in [0.717, 1.165) is 22.5 Å². The summed E-state index contributed by atoms with van der Waals surface area (Å²) < 4.78 is 1.80. The SMILES string of the molecule is OCc1ccc(CNc2cc(Cl)ccc2-n2cccn2)cc1. The molecule has 0 aliphatic rings. The van der Waals surface area contributed by atoms with Gasteiger partial charge in [-0.15, -0.1) is 0 Å². The molecule has 2 aromatic carbocycles. The second-order valence-electron chi connectivity index (χ2n) is 4.94. The van der Waals surface area contributed by atoms with E-state index in [9.17, 15) is 0 Å². The maximum absolute atomic E-state index is 9.07. The van der Waals surface area contributed by atoms with Crippen LogP contribution in [0.3, 0.4) is 0 Å². The number of nitrogens with one attached hydrogen (secondary N) is 1. The van der Waals surface area contributed by atoms with Gasteiger partial charge in [-0.05, 0) is 35.4 Å². The third kappa shape index (κ3) is 3.30. The first-order valence-electron chi connectivity index (χ1n) is 6.98. The Hall–Kier alpha value is -2.30. The van der Waals surface area contributed by atoms with Crippen LogP contribution in [0.25, 0.3) is 5.69 Å². The summed E-state index contributed by atoms with van der Waals surface area (Å²) in [6.45, 7) is 0.728. The van der Waals surface area contributed by atoms with Crippen molar-refractivity contribution in [2.75, 3.05) is 5.32 Å². The van der Waals surface area contributed by atoms with E-state index in [-0.39, 0.29) is 6.61 Å². The van der Waals surface area contributed by atoms with E-state index in [0.29, 0.717) is 11.6 Å². The number of halogens is 1. The molecule has 5 heteroatoms. The highest BCUT2D eigenvalue weighted by atomic mass is 35.5. The quantitative estimate of drug-likeness (QED) is 0.756. The van der Waals surface area contributed by atoms with Gasteiger partial charge in [-0.25, -0.2) is 4.68 Å². The molecule has 0 amide bonds. The minimum atomic E-state index is 0.0610. The largest absolute Gasteiger partial charge is 0.392 e. The minimum Gasteiger partial charge on any atom is -0.392 e. The van der Waals surface area contributed by atoms with Crippen molar-refractivity contribution in [2.45, 2.75) is 13.2 Å². The van der Waals surface area contributed by atoms with Crippen LogP contribution in [0.15, 0.2) is 60.9 Å². The second kappa shape index (κ2) is 6.64. The van der Waals surface area contributed by atoms with Gasteiger partial charge in [0.15, 0.2) is 0 Å². The topological polar surface area (TPSA) is 50.1 Å². The molecule has 112 valence electrons. The van der Waals surface area contributed by atoms with Gasteiger partial charge in [0.05, 0.1) is 18.0 Å². The number of aliphatic hydroxyl groups excluding tert-OH is 1. The van der Waals surface area contributed by atoms with E-state index < -0.39 is 0 Å². The second-order valence-corrected chi connectivity index (χ2v) is 5.38. The van der Waals surface area contributed by atoms with E-state index in [1.54, 1.807) is 10.9 Å². The van der Waals surface area contributed by atoms with Crippen LogP contribution >= 0.6 is 11.6 Å². The van der Waals surface area contributed by atoms with Gasteiger partial charge in [0.2, 0.25) is 0 Å². The van der Waals surface area contributed by atoms with Gasteiger partial charge in [-0.2, -0.15) is 5.10 Å². The number of nitrogens with zero attached hydrogens (tertiary/aromatic N) is 2. The molecular weight excluding hydrogens is 298 g/mol. The van der Waals surface area contributed by atoms with Crippen molar-refractivity contribution in [1.82, 2.24) is 9.78 Å². The summed E-state index contributed by atoms with van der Waals surface area (Å²) in [7, 11) is 0. The fourth-order valence-corrected chi connectivity index (χ4v) is 2.39. The van der Waals surface area contributed by atoms with Gasteiger partial charge in [-0.3, -0.25) is 0 Å². The van der Waals surface area contributed by atoms with E-state index in [4.69, 9.17) is 16.7 Å². The minimum absolute atomic E-state index is 0.0610. The Labute approximate surface area is 134 Å². The van der Waals surface area contributed by atoms with Gasteiger partial charge in [-0.1, -0.05) is 35.9 Å². The van der Waals surface area contributed by atoms with Gasteiger partial charge in [0.1, 0.15) is 0 Å². The molecule has 0 radical (unpaired) electrons. The van der Waals surface area contributed by atoms with Gasteiger partial charge < -0.3 is 10.4 Å². The molecule has 0 saturated carbocycles. The predicted octanol–water partition coefficient (Wildman–Crippen LogP) is 3.63. The lowest BCUT2D eigenvalue weighted by Crippen LogP contribution is -2.05. The summed E-state index contributed by atoms with van der Waals surface area (Å²) in [5.41, 5.74) is 3.90. The first kappa shape index (κ1) is 14.6. The van der Waals surface area contributed by atoms with Gasteiger partial charge >= 0.3 is 0 Å². The molecule has 0 atom stereocenters. The van der Waals surface area contributed by atoms with Crippen molar-refractivity contribution in [3.63, 3.8) is 0 Å². The summed E-state index contributed by atoms with van der Waals surface area (Å²) in [5, 5.41) is 17.4. The average molecular weight is 314 g/mol. The molecule has 4 nitrogen and oxygen atoms in total. The number of benzene rings is 2. The third-order valence-corrected chi connectivity index (χ3v) is 3.63. The molecule has 0 saturated heterocycles. The van der Waals surface area contributed by atoms with Crippen molar-refractivity contribution >= 4 is 17.3 Å². The molecule has 0 unspecified atom stereocenters. The van der Waals surface area contributed by atoms with E-state index in [1.165, 1.54) is 0 Å². The highest BCUT2D eigenvalue weighted by molar-refractivity contribution is 6.31. The molecule has 3 rings (SSSR count). The van der Waals surface area contributed by atoms with Crippen molar-refractivity contribution in [1.29, 1.82) is 0 Å². The zero-order valence-corrected chi connectivity index (χ0v) is 12.7. The van der Waals surface area contributed by atoms with Crippen LogP contribution in [0.2, 0.25) is 5.02 Å². The molecule has 1 heterocycles. The maximum Gasteiger partial charge on any atom is 0.0877 e. The fourth-order valence-electron chi connectivity index (χ4n) is 2.22. The van der Waals surface area contributed by atoms with Crippen LogP contribution < -0.4 is 5.32 Å². The van der Waals surface area contributed by atoms with E-state index >= 15 is 0 Å². The number of hydrogen-bond acceptors (Lipinski definition) is 3. The molecule has 1 aromatic heterocycles. The molecule has 0 bridgehead atoms. The predicted molar refractivity (Wildman–Crippen MR) is 88.3 cm³/mol. The van der Waals surface area contributed by atoms with Crippen LogP contribution in [0.4, 0.5) is 5.69 Å². The first-order chi connectivity index (χ1) is 10.8. The normalized spacial score (nSPS) is 10.6. The van der Waals surface area contributed by atoms with Crippen molar-refractivity contribution in [3.8, 4) is 5.69 Å². The lowest BCUT2D eigenvalue weighted by Gasteiger charge is -2.13. The Morgan fingerprint density at radius 2 is 1.86 bits per heavy atom. The van der Waals surface area contributed by atoms with Crippen LogP contribution in [0.5, 0.6) is 0 Å². The lowest BCUT2D eigenvalue weighted by molar-refractivity contribution is 0.282. The first-order valence-corrected chi connectivity index (χ1v) is 7.36. The molecular formula is C17H16ClN3O. The summed E-state index contributed by atoms with van der Waals surface area (Å²) in [6.07, 6.45) is 3.64. The zero-order valence-electron chi connectivity index (χ0n) is 11.9. The molecule has 0 fully saturated rings. The summed E-state index contributed by atoms with van der Waals surface area (Å²) in [4.78, 5) is 0. The van der Waals surface area contributed by atoms with Crippen molar-refractivity contribution in [3.05, 3.63) is 77.1 Å². The van der Waals surface area contributed by atoms with Crippen molar-refractivity contribution in [2.24, 2.45) is 0 Å². The van der Waals surface area contributed by atoms with Crippen LogP contribution in [0, 0.1) is 0 Å². The lowest BCUT2D eigenvalue weighted by atomic mass is 10.1. The Balaban J connectivity index is 1.80. The monoisotopic (exact) mass is 313 g/mol. The number of hydrogen-bond donors (Lipinski definition) is 2. The third-order valence-electron chi connectivity index (χ3n) is 3.40. The number of anilines is 1. The average Bonchev–Trinajstić information content (AvgIpc) is 3.08. The highest BCUT2D eigenvalue weighted by Crippen LogP contribution is 2.24. The van der Waals surface area contributed by atoms with Gasteiger partial charge in [0, 0.05) is 24.0 Å². The number of aromatic nitrogens is 2. The summed E-state index contributed by atoms with van der Waals surface area (Å²) in [5.74, 6) is 0. The molecule has 0 aliphatic carbocycles. The maximum atomic E-state index is 9.07. The van der Waals surface area contributed by atoms with Crippen LogP contribution in [0.1, 0.15) is 11.1 Å². The molecule has 2 N–H and O–H groups in total. The summed E-state index contributed by atoms with van der Waals surface area (Å²) in [6, 6.07) is 15.4. The smallest absolute Gasteiger partial charge is 0.0877 e. The Morgan fingerprint density at radius 1 is 1.09 bits per heavy atom. The molecule has 0 spiro atoms. The summed E-state index contributed by atoms with van der Waals surface area (Å²) >= 11 is 6.10. The standard InChI is InChI=1S/C17H16ClN3O/c18-15-6-7-17(21-9-1-8-20-21)16(10-15)19-11-13-2-4-14(12-22)5-3-13/h1-10,19,22H,11-12H2. The zero-order chi connectivity index (χ0) is 15.4. The number of rotatable bonds is 5. The number of aliphatic hydroxyl groups is 1. The van der Waals surface area contributed by atoms with Crippen LogP contribution in [-0.4, -0.2) is 14.9 Å². The Bertz CT molecular complexity index is 739. The Kier molecular flexibility index (Phi) is 4.42. The molecule has 0 aliphatic heterocycles. The Morgan fingerprint density at radius 3 is 2.55 bits per heavy atom. The van der Waals surface area contributed by atoms with Crippen molar-refractivity contribution < 1.29 is 5.11 Å². The van der Waals surface area contributed by atoms with Crippen LogP contribution in [-0.2, 0) is 13.2 Å². The molecule has 22 heavy (non-hydrogen) atoms. The highest BCUT2D eigenvalue weighted by Gasteiger charge is 2.06. The fraction of sp³-hybridized carbons (Fsp3) is 0.118. The van der Waals surface area contributed by atoms with E-state index in [1.807, 2.05) is 54.7 Å². The van der Waals surface area contributed by atoms with E-state index in [2.05, 4.69) is 10.4 Å². The van der Waals surface area contributed by atoms with Gasteiger partial charge in [0.25, 0.3) is 0 Å².